The molecule has 0 aromatic heterocycles. The summed E-state index contributed by atoms with van der Waals surface area (Å²) in [6, 6.07) is 9.72. The van der Waals surface area contributed by atoms with Gasteiger partial charge in [-0.1, -0.05) is 38.1 Å². The Balaban J connectivity index is 2.22. The lowest BCUT2D eigenvalue weighted by atomic mass is 9.67. The Morgan fingerprint density at radius 3 is 2.85 bits per heavy atom. The van der Waals surface area contributed by atoms with Gasteiger partial charge in [0.05, 0.1) is 0 Å². The van der Waals surface area contributed by atoms with Crippen molar-refractivity contribution in [2.24, 2.45) is 0 Å². The van der Waals surface area contributed by atoms with Crippen LogP contribution in [0.15, 0.2) is 24.3 Å². The summed E-state index contributed by atoms with van der Waals surface area (Å²) in [4.78, 5) is 0. The molecule has 1 nitrogen and oxygen atoms in total. The standard InChI is InChI=1S/C18H29NS/c1-15(2)19-14-18(12-7-13-20-3)11-6-9-16-8-4-5-10-17(16)18/h4-5,8,10,15,19H,6-7,9,11-14H2,1-3H3. The van der Waals surface area contributed by atoms with Crippen LogP contribution >= 0.6 is 11.8 Å². The average Bonchev–Trinajstić information content (AvgIpc) is 2.46. The van der Waals surface area contributed by atoms with E-state index in [9.17, 15) is 0 Å². The number of benzene rings is 1. The van der Waals surface area contributed by atoms with Gasteiger partial charge in [0.1, 0.15) is 0 Å². The molecule has 0 aliphatic heterocycles. The van der Waals surface area contributed by atoms with Gasteiger partial charge < -0.3 is 5.32 Å². The predicted octanol–water partition coefficient (Wildman–Crippen LogP) is 4.40. The minimum Gasteiger partial charge on any atom is -0.314 e. The number of hydrogen-bond donors (Lipinski definition) is 1. The van der Waals surface area contributed by atoms with Gasteiger partial charge in [0, 0.05) is 18.0 Å². The number of hydrogen-bond acceptors (Lipinski definition) is 2. The fraction of sp³-hybridized carbons (Fsp3) is 0.667. The molecular weight excluding hydrogens is 262 g/mol. The van der Waals surface area contributed by atoms with Gasteiger partial charge in [-0.25, -0.2) is 0 Å². The minimum atomic E-state index is 0.370. The van der Waals surface area contributed by atoms with E-state index in [0.29, 0.717) is 11.5 Å². The molecule has 1 atom stereocenters. The third-order valence-corrected chi connectivity index (χ3v) is 5.24. The monoisotopic (exact) mass is 291 g/mol. The average molecular weight is 292 g/mol. The van der Waals surface area contributed by atoms with Crippen LogP contribution in [-0.2, 0) is 11.8 Å². The third kappa shape index (κ3) is 3.79. The Morgan fingerprint density at radius 2 is 2.10 bits per heavy atom. The van der Waals surface area contributed by atoms with Crippen LogP contribution < -0.4 is 5.32 Å². The Hall–Kier alpha value is -0.470. The molecule has 0 amide bonds. The van der Waals surface area contributed by atoms with Crippen molar-refractivity contribution >= 4 is 11.8 Å². The van der Waals surface area contributed by atoms with Crippen LogP contribution in [0.25, 0.3) is 0 Å². The molecule has 1 aromatic carbocycles. The van der Waals surface area contributed by atoms with Crippen molar-refractivity contribution in [3.63, 3.8) is 0 Å². The van der Waals surface area contributed by atoms with E-state index >= 15 is 0 Å². The summed E-state index contributed by atoms with van der Waals surface area (Å²) in [5, 5.41) is 3.72. The number of fused-ring (bicyclic) bond motifs is 1. The van der Waals surface area contributed by atoms with Gasteiger partial charge in [0.2, 0.25) is 0 Å². The number of rotatable bonds is 7. The van der Waals surface area contributed by atoms with Gasteiger partial charge in [0.15, 0.2) is 0 Å². The topological polar surface area (TPSA) is 12.0 Å². The number of nitrogens with one attached hydrogen (secondary N) is 1. The summed E-state index contributed by atoms with van der Waals surface area (Å²) in [5.41, 5.74) is 3.59. The van der Waals surface area contributed by atoms with E-state index in [0.717, 1.165) is 6.54 Å². The van der Waals surface area contributed by atoms with Crippen molar-refractivity contribution in [1.82, 2.24) is 5.32 Å². The van der Waals surface area contributed by atoms with Crippen LogP contribution in [0.4, 0.5) is 0 Å². The summed E-state index contributed by atoms with van der Waals surface area (Å²) >= 11 is 1.97. The lowest BCUT2D eigenvalue weighted by Gasteiger charge is -2.40. The Labute approximate surface area is 128 Å². The van der Waals surface area contributed by atoms with Crippen LogP contribution in [0.5, 0.6) is 0 Å². The maximum Gasteiger partial charge on any atom is 0.00810 e. The van der Waals surface area contributed by atoms with Gasteiger partial charge in [-0.2, -0.15) is 11.8 Å². The molecule has 0 heterocycles. The van der Waals surface area contributed by atoms with Crippen LogP contribution in [-0.4, -0.2) is 24.6 Å². The highest BCUT2D eigenvalue weighted by molar-refractivity contribution is 7.98. The van der Waals surface area contributed by atoms with Crippen LogP contribution in [0.3, 0.4) is 0 Å². The first kappa shape index (κ1) is 15.9. The molecule has 1 N–H and O–H groups in total. The van der Waals surface area contributed by atoms with E-state index in [1.165, 1.54) is 37.9 Å². The second kappa shape index (κ2) is 7.51. The van der Waals surface area contributed by atoms with Crippen molar-refractivity contribution in [3.8, 4) is 0 Å². The summed E-state index contributed by atoms with van der Waals surface area (Å²) in [6.45, 7) is 5.64. The number of aryl methyl sites for hydroxylation is 1. The van der Waals surface area contributed by atoms with Gasteiger partial charge in [-0.3, -0.25) is 0 Å². The van der Waals surface area contributed by atoms with Crippen molar-refractivity contribution in [2.45, 2.75) is 57.4 Å². The molecular formula is C18H29NS. The summed E-state index contributed by atoms with van der Waals surface area (Å²) in [6.07, 6.45) is 8.82. The molecule has 2 heteroatoms. The van der Waals surface area contributed by atoms with E-state index < -0.39 is 0 Å². The van der Waals surface area contributed by atoms with Crippen molar-refractivity contribution < 1.29 is 0 Å². The van der Waals surface area contributed by atoms with E-state index in [1.54, 1.807) is 11.1 Å². The Kier molecular flexibility index (Phi) is 5.98. The smallest absolute Gasteiger partial charge is 0.00810 e. The lowest BCUT2D eigenvalue weighted by molar-refractivity contribution is 0.305. The van der Waals surface area contributed by atoms with E-state index in [4.69, 9.17) is 0 Å². The molecule has 2 rings (SSSR count). The van der Waals surface area contributed by atoms with E-state index in [2.05, 4.69) is 49.7 Å². The molecule has 0 saturated heterocycles. The summed E-state index contributed by atoms with van der Waals surface area (Å²) in [7, 11) is 0. The normalized spacial score (nSPS) is 22.0. The predicted molar refractivity (Wildman–Crippen MR) is 91.8 cm³/mol. The summed E-state index contributed by atoms with van der Waals surface area (Å²) in [5.74, 6) is 1.28. The van der Waals surface area contributed by atoms with Crippen LogP contribution in [0.1, 0.15) is 50.7 Å². The molecule has 20 heavy (non-hydrogen) atoms. The molecule has 0 saturated carbocycles. The fourth-order valence-electron chi connectivity index (χ4n) is 3.49. The Morgan fingerprint density at radius 1 is 1.30 bits per heavy atom. The van der Waals surface area contributed by atoms with Crippen molar-refractivity contribution in [3.05, 3.63) is 35.4 Å². The molecule has 0 fully saturated rings. The van der Waals surface area contributed by atoms with E-state index in [1.807, 2.05) is 11.8 Å². The highest BCUT2D eigenvalue weighted by Crippen LogP contribution is 2.40. The zero-order chi connectivity index (χ0) is 14.4. The van der Waals surface area contributed by atoms with E-state index in [-0.39, 0.29) is 0 Å². The molecule has 1 unspecified atom stereocenters. The van der Waals surface area contributed by atoms with Crippen molar-refractivity contribution in [1.29, 1.82) is 0 Å². The largest absolute Gasteiger partial charge is 0.314 e. The lowest BCUT2D eigenvalue weighted by Crippen LogP contribution is -2.43. The highest BCUT2D eigenvalue weighted by atomic mass is 32.2. The maximum absolute atomic E-state index is 3.72. The first-order chi connectivity index (χ1) is 9.68. The zero-order valence-corrected chi connectivity index (χ0v) is 14.1. The molecule has 0 radical (unpaired) electrons. The van der Waals surface area contributed by atoms with Gasteiger partial charge in [-0.05, 0) is 55.2 Å². The summed E-state index contributed by atoms with van der Waals surface area (Å²) < 4.78 is 0. The Bertz CT molecular complexity index is 416. The SMILES string of the molecule is CSCCCC1(CNC(C)C)CCCc2ccccc21. The molecule has 1 aliphatic carbocycles. The maximum atomic E-state index is 3.72. The second-order valence-corrected chi connectivity index (χ2v) is 7.41. The third-order valence-electron chi connectivity index (χ3n) is 4.54. The quantitative estimate of drug-likeness (QED) is 0.747. The van der Waals surface area contributed by atoms with Crippen LogP contribution in [0.2, 0.25) is 0 Å². The first-order valence-electron chi connectivity index (χ1n) is 7.99. The second-order valence-electron chi connectivity index (χ2n) is 6.42. The first-order valence-corrected chi connectivity index (χ1v) is 9.38. The van der Waals surface area contributed by atoms with Crippen LogP contribution in [0, 0.1) is 0 Å². The molecule has 112 valence electrons. The zero-order valence-electron chi connectivity index (χ0n) is 13.2. The minimum absolute atomic E-state index is 0.370. The highest BCUT2D eigenvalue weighted by Gasteiger charge is 2.35. The van der Waals surface area contributed by atoms with Gasteiger partial charge in [0.25, 0.3) is 0 Å². The van der Waals surface area contributed by atoms with Crippen molar-refractivity contribution in [2.75, 3.05) is 18.6 Å². The van der Waals surface area contributed by atoms with Gasteiger partial charge >= 0.3 is 0 Å². The number of thioether (sulfide) groups is 1. The van der Waals surface area contributed by atoms with Gasteiger partial charge in [-0.15, -0.1) is 0 Å². The fourth-order valence-corrected chi connectivity index (χ4v) is 3.93. The molecule has 0 bridgehead atoms. The molecule has 0 spiro atoms. The molecule has 1 aromatic rings. The molecule has 1 aliphatic rings.